The summed E-state index contributed by atoms with van der Waals surface area (Å²) < 4.78 is 11.2. The molecule has 0 saturated heterocycles. The van der Waals surface area contributed by atoms with Gasteiger partial charge in [-0.3, -0.25) is 4.79 Å². The van der Waals surface area contributed by atoms with Crippen molar-refractivity contribution in [3.8, 4) is 17.2 Å². The third-order valence-electron chi connectivity index (χ3n) is 3.11. The van der Waals surface area contributed by atoms with Crippen molar-refractivity contribution in [3.05, 3.63) is 52.0 Å². The lowest BCUT2D eigenvalue weighted by Crippen LogP contribution is -2.24. The maximum atomic E-state index is 11.8. The molecule has 2 N–H and O–H groups in total. The van der Waals surface area contributed by atoms with Crippen LogP contribution in [0.2, 0.25) is 0 Å². The fourth-order valence-electron chi connectivity index (χ4n) is 2.00. The molecule has 0 spiro atoms. The fourth-order valence-corrected chi connectivity index (χ4v) is 2.46. The molecule has 7 heteroatoms. The van der Waals surface area contributed by atoms with Crippen LogP contribution in [0.15, 0.2) is 46.0 Å². The summed E-state index contributed by atoms with van der Waals surface area (Å²) in [7, 11) is 0. The van der Waals surface area contributed by atoms with Crippen LogP contribution in [-0.4, -0.2) is 30.4 Å². The van der Waals surface area contributed by atoms with Crippen molar-refractivity contribution in [2.45, 2.75) is 13.8 Å². The van der Waals surface area contributed by atoms with Gasteiger partial charge in [0.1, 0.15) is 5.75 Å². The van der Waals surface area contributed by atoms with Gasteiger partial charge in [0, 0.05) is 0 Å². The number of phenolic OH excluding ortho intramolecular Hbond substituents is 1. The monoisotopic (exact) mass is 406 g/mol. The first-order valence-corrected chi connectivity index (χ1v) is 8.45. The number of hydrogen-bond acceptors (Lipinski definition) is 5. The highest BCUT2D eigenvalue weighted by molar-refractivity contribution is 9.10. The van der Waals surface area contributed by atoms with E-state index in [1.54, 1.807) is 18.2 Å². The Morgan fingerprint density at radius 3 is 2.84 bits per heavy atom. The summed E-state index contributed by atoms with van der Waals surface area (Å²) in [4.78, 5) is 11.8. The number of amides is 1. The molecule has 132 valence electrons. The number of halogens is 1. The van der Waals surface area contributed by atoms with Crippen LogP contribution in [0.3, 0.4) is 0 Å². The van der Waals surface area contributed by atoms with E-state index < -0.39 is 0 Å². The number of carbonyl (C=O) groups is 1. The number of nitrogens with one attached hydrogen (secondary N) is 1. The van der Waals surface area contributed by atoms with Crippen molar-refractivity contribution in [2.24, 2.45) is 5.10 Å². The molecule has 0 aliphatic rings. The Balaban J connectivity index is 1.90. The van der Waals surface area contributed by atoms with Gasteiger partial charge in [0.25, 0.3) is 5.91 Å². The van der Waals surface area contributed by atoms with Crippen molar-refractivity contribution in [3.63, 3.8) is 0 Å². The maximum Gasteiger partial charge on any atom is 0.277 e. The van der Waals surface area contributed by atoms with Gasteiger partial charge >= 0.3 is 0 Å². The van der Waals surface area contributed by atoms with E-state index in [2.05, 4.69) is 26.5 Å². The minimum atomic E-state index is -0.374. The molecule has 2 rings (SSSR count). The van der Waals surface area contributed by atoms with Crippen LogP contribution in [0.4, 0.5) is 0 Å². The number of ether oxygens (including phenoxy) is 2. The summed E-state index contributed by atoms with van der Waals surface area (Å²) in [5, 5.41) is 13.7. The van der Waals surface area contributed by atoms with Crippen molar-refractivity contribution in [1.29, 1.82) is 0 Å². The van der Waals surface area contributed by atoms with E-state index in [0.29, 0.717) is 28.1 Å². The molecule has 1 amide bonds. The highest BCUT2D eigenvalue weighted by Gasteiger charge is 2.08. The Labute approximate surface area is 154 Å². The van der Waals surface area contributed by atoms with Crippen molar-refractivity contribution < 1.29 is 19.4 Å². The zero-order valence-electron chi connectivity index (χ0n) is 14.0. The number of carbonyl (C=O) groups excluding carboxylic acids is 1. The summed E-state index contributed by atoms with van der Waals surface area (Å²) in [6.07, 6.45) is 1.46. The van der Waals surface area contributed by atoms with E-state index in [1.807, 2.05) is 32.0 Å². The normalized spacial score (nSPS) is 10.7. The lowest BCUT2D eigenvalue weighted by atomic mass is 10.2. The Hall–Kier alpha value is -2.54. The summed E-state index contributed by atoms with van der Waals surface area (Å²) in [5.74, 6) is 0.616. The van der Waals surface area contributed by atoms with Crippen LogP contribution in [0.1, 0.15) is 18.1 Å². The average Bonchev–Trinajstić information content (AvgIpc) is 2.58. The van der Waals surface area contributed by atoms with Gasteiger partial charge < -0.3 is 14.6 Å². The zero-order chi connectivity index (χ0) is 18.2. The molecule has 0 fully saturated rings. The smallest absolute Gasteiger partial charge is 0.277 e. The molecule has 0 atom stereocenters. The minimum absolute atomic E-state index is 0.0228. The average molecular weight is 407 g/mol. The van der Waals surface area contributed by atoms with Gasteiger partial charge in [0.15, 0.2) is 18.1 Å². The fraction of sp³-hybridized carbons (Fsp3) is 0.222. The molecule has 2 aromatic rings. The van der Waals surface area contributed by atoms with Crippen LogP contribution >= 0.6 is 15.9 Å². The second-order valence-corrected chi connectivity index (χ2v) is 6.04. The second-order valence-electron chi connectivity index (χ2n) is 5.18. The maximum absolute atomic E-state index is 11.8. The summed E-state index contributed by atoms with van der Waals surface area (Å²) in [6.45, 7) is 4.06. The van der Waals surface area contributed by atoms with E-state index in [-0.39, 0.29) is 18.3 Å². The lowest BCUT2D eigenvalue weighted by molar-refractivity contribution is -0.123. The first-order chi connectivity index (χ1) is 12.0. The van der Waals surface area contributed by atoms with Crippen molar-refractivity contribution in [2.75, 3.05) is 13.2 Å². The molecule has 0 aromatic heterocycles. The van der Waals surface area contributed by atoms with Gasteiger partial charge in [0.05, 0.1) is 17.3 Å². The first-order valence-electron chi connectivity index (χ1n) is 7.66. The molecule has 0 aliphatic carbocycles. The van der Waals surface area contributed by atoms with Crippen molar-refractivity contribution >= 4 is 28.1 Å². The molecule has 0 saturated carbocycles. The number of benzene rings is 2. The molecule has 2 aromatic carbocycles. The van der Waals surface area contributed by atoms with Crippen LogP contribution in [0, 0.1) is 6.92 Å². The molecule has 25 heavy (non-hydrogen) atoms. The number of rotatable bonds is 7. The van der Waals surface area contributed by atoms with Crippen LogP contribution in [0.5, 0.6) is 17.2 Å². The van der Waals surface area contributed by atoms with Gasteiger partial charge in [-0.05, 0) is 65.2 Å². The number of aryl methyl sites for hydroxylation is 1. The minimum Gasteiger partial charge on any atom is -0.503 e. The number of aromatic hydroxyl groups is 1. The van der Waals surface area contributed by atoms with E-state index in [4.69, 9.17) is 9.47 Å². The Morgan fingerprint density at radius 1 is 1.32 bits per heavy atom. The number of hydrogen-bond donors (Lipinski definition) is 2. The summed E-state index contributed by atoms with van der Waals surface area (Å²) >= 11 is 3.25. The topological polar surface area (TPSA) is 80.2 Å². The number of phenols is 1. The van der Waals surface area contributed by atoms with E-state index in [1.165, 1.54) is 6.21 Å². The van der Waals surface area contributed by atoms with Crippen LogP contribution in [-0.2, 0) is 4.79 Å². The van der Waals surface area contributed by atoms with Crippen molar-refractivity contribution in [1.82, 2.24) is 5.43 Å². The summed E-state index contributed by atoms with van der Waals surface area (Å²) in [6, 6.07) is 10.7. The Bertz CT molecular complexity index is 778. The highest BCUT2D eigenvalue weighted by Crippen LogP contribution is 2.34. The quantitative estimate of drug-likeness (QED) is 0.545. The molecular weight excluding hydrogens is 388 g/mol. The van der Waals surface area contributed by atoms with E-state index in [0.717, 1.165) is 5.56 Å². The number of nitrogens with zero attached hydrogens (tertiary/aromatic N) is 1. The van der Waals surface area contributed by atoms with Gasteiger partial charge in [-0.15, -0.1) is 0 Å². The SMILES string of the molecule is CCOc1cc(/C=N/NC(=O)COc2cccc(C)c2)cc(Br)c1O. The molecule has 6 nitrogen and oxygen atoms in total. The molecular formula is C18H19BrN2O4. The van der Waals surface area contributed by atoms with E-state index >= 15 is 0 Å². The van der Waals surface area contributed by atoms with Gasteiger partial charge in [-0.25, -0.2) is 5.43 Å². The third-order valence-corrected chi connectivity index (χ3v) is 3.72. The Kier molecular flexibility index (Phi) is 6.82. The van der Waals surface area contributed by atoms with Gasteiger partial charge in [-0.2, -0.15) is 5.10 Å². The Morgan fingerprint density at radius 2 is 2.12 bits per heavy atom. The largest absolute Gasteiger partial charge is 0.503 e. The second kappa shape index (κ2) is 9.08. The zero-order valence-corrected chi connectivity index (χ0v) is 15.5. The summed E-state index contributed by atoms with van der Waals surface area (Å²) in [5.41, 5.74) is 4.10. The predicted molar refractivity (Wildman–Crippen MR) is 99.4 cm³/mol. The molecule has 0 aliphatic heterocycles. The standard InChI is InChI=1S/C18H19BrN2O4/c1-3-24-16-9-13(8-15(19)18(16)23)10-20-21-17(22)11-25-14-6-4-5-12(2)7-14/h4-10,23H,3,11H2,1-2H3,(H,21,22)/b20-10+. The molecule has 0 heterocycles. The lowest BCUT2D eigenvalue weighted by Gasteiger charge is -2.08. The van der Waals surface area contributed by atoms with Gasteiger partial charge in [-0.1, -0.05) is 12.1 Å². The molecule has 0 radical (unpaired) electrons. The number of hydrazone groups is 1. The van der Waals surface area contributed by atoms with E-state index in [9.17, 15) is 9.90 Å². The predicted octanol–water partition coefficient (Wildman–Crippen LogP) is 3.39. The van der Waals surface area contributed by atoms with Crippen LogP contribution < -0.4 is 14.9 Å². The third kappa shape index (κ3) is 5.79. The van der Waals surface area contributed by atoms with Gasteiger partial charge in [0.2, 0.25) is 0 Å². The molecule has 0 bridgehead atoms. The van der Waals surface area contributed by atoms with Crippen LogP contribution in [0.25, 0.3) is 0 Å². The highest BCUT2D eigenvalue weighted by atomic mass is 79.9. The first kappa shape index (κ1) is 18.8. The molecule has 0 unspecified atom stereocenters.